The van der Waals surface area contributed by atoms with Crippen molar-refractivity contribution < 1.29 is 28.2 Å². The number of hydrogen-bond donors (Lipinski definition) is 1. The average Bonchev–Trinajstić information content (AvgIpc) is 2.28. The Morgan fingerprint density at radius 3 is 2.29 bits per heavy atom. The molecule has 6 heteroatoms. The fourth-order valence-corrected chi connectivity index (χ4v) is 1.52. The van der Waals surface area contributed by atoms with Gasteiger partial charge in [0.15, 0.2) is 0 Å². The summed E-state index contributed by atoms with van der Waals surface area (Å²) in [5.74, 6) is -6.05. The van der Waals surface area contributed by atoms with Crippen LogP contribution in [0.25, 0.3) is 0 Å². The first-order valence-corrected chi connectivity index (χ1v) is 4.69. The summed E-state index contributed by atoms with van der Waals surface area (Å²) in [4.78, 5) is 10.5. The van der Waals surface area contributed by atoms with Crippen LogP contribution in [0, 0.1) is 6.92 Å². The highest BCUT2D eigenvalue weighted by Crippen LogP contribution is 2.40. The molecule has 0 fully saturated rings. The van der Waals surface area contributed by atoms with Crippen LogP contribution in [0.5, 0.6) is 11.5 Å². The second-order valence-electron chi connectivity index (χ2n) is 3.35. The van der Waals surface area contributed by atoms with Crippen LogP contribution in [0.2, 0.25) is 0 Å². The van der Waals surface area contributed by atoms with Gasteiger partial charge in [-0.3, -0.25) is 0 Å². The zero-order chi connectivity index (χ0) is 13.2. The highest BCUT2D eigenvalue weighted by Gasteiger charge is 2.44. The van der Waals surface area contributed by atoms with Crippen molar-refractivity contribution in [2.24, 2.45) is 0 Å². The molecular formula is C11H12F2O4. The van der Waals surface area contributed by atoms with Crippen LogP contribution in [-0.2, 0) is 10.7 Å². The maximum absolute atomic E-state index is 13.4. The van der Waals surface area contributed by atoms with E-state index in [-0.39, 0.29) is 5.75 Å². The lowest BCUT2D eigenvalue weighted by Gasteiger charge is -2.18. The number of alkyl halides is 2. The molecule has 1 rings (SSSR count). The summed E-state index contributed by atoms with van der Waals surface area (Å²) in [5.41, 5.74) is -0.362. The smallest absolute Gasteiger partial charge is 0.379 e. The van der Waals surface area contributed by atoms with Crippen molar-refractivity contribution in [2.75, 3.05) is 14.2 Å². The van der Waals surface area contributed by atoms with E-state index in [2.05, 4.69) is 0 Å². The summed E-state index contributed by atoms with van der Waals surface area (Å²) in [6, 6.07) is 2.27. The minimum Gasteiger partial charge on any atom is -0.496 e. The van der Waals surface area contributed by atoms with Crippen molar-refractivity contribution in [3.8, 4) is 11.5 Å². The van der Waals surface area contributed by atoms with Crippen molar-refractivity contribution in [3.63, 3.8) is 0 Å². The number of halogens is 2. The van der Waals surface area contributed by atoms with E-state index in [9.17, 15) is 13.6 Å². The molecule has 0 saturated heterocycles. The molecule has 0 bridgehead atoms. The Morgan fingerprint density at radius 1 is 1.29 bits per heavy atom. The van der Waals surface area contributed by atoms with Gasteiger partial charge in [0.1, 0.15) is 11.5 Å². The first kappa shape index (κ1) is 13.2. The molecule has 0 amide bonds. The summed E-state index contributed by atoms with van der Waals surface area (Å²) in [6.45, 7) is 1.51. The molecule has 0 aliphatic carbocycles. The number of ether oxygens (including phenoxy) is 2. The van der Waals surface area contributed by atoms with E-state index in [0.29, 0.717) is 11.3 Å². The third-order valence-electron chi connectivity index (χ3n) is 2.39. The SMILES string of the molecule is COc1ccc(C(F)(F)C(=O)O)c(OC)c1C. The highest BCUT2D eigenvalue weighted by molar-refractivity contribution is 5.79. The van der Waals surface area contributed by atoms with Gasteiger partial charge in [0, 0.05) is 5.56 Å². The molecule has 1 N–H and O–H groups in total. The first-order valence-electron chi connectivity index (χ1n) is 4.69. The number of carbonyl (C=O) groups is 1. The maximum atomic E-state index is 13.4. The second-order valence-corrected chi connectivity index (χ2v) is 3.35. The predicted octanol–water partition coefficient (Wildman–Crippen LogP) is 2.19. The Morgan fingerprint density at radius 2 is 1.88 bits per heavy atom. The van der Waals surface area contributed by atoms with Crippen molar-refractivity contribution >= 4 is 5.97 Å². The van der Waals surface area contributed by atoms with E-state index in [0.717, 1.165) is 6.07 Å². The quantitative estimate of drug-likeness (QED) is 0.884. The predicted molar refractivity (Wildman–Crippen MR) is 55.8 cm³/mol. The normalized spacial score (nSPS) is 11.1. The Hall–Kier alpha value is -1.85. The molecule has 0 spiro atoms. The third-order valence-corrected chi connectivity index (χ3v) is 2.39. The Balaban J connectivity index is 3.46. The lowest BCUT2D eigenvalue weighted by Crippen LogP contribution is -2.26. The Bertz CT molecular complexity index is 443. The van der Waals surface area contributed by atoms with Gasteiger partial charge >= 0.3 is 11.9 Å². The number of hydrogen-bond acceptors (Lipinski definition) is 3. The molecular weight excluding hydrogens is 234 g/mol. The summed E-state index contributed by atoms with van der Waals surface area (Å²) < 4.78 is 36.6. The van der Waals surface area contributed by atoms with Crippen molar-refractivity contribution in [2.45, 2.75) is 12.8 Å². The lowest BCUT2D eigenvalue weighted by molar-refractivity contribution is -0.166. The molecule has 4 nitrogen and oxygen atoms in total. The fraction of sp³-hybridized carbons (Fsp3) is 0.364. The number of rotatable bonds is 4. The van der Waals surface area contributed by atoms with E-state index in [4.69, 9.17) is 14.6 Å². The van der Waals surface area contributed by atoms with Gasteiger partial charge in [-0.05, 0) is 19.1 Å². The van der Waals surface area contributed by atoms with Gasteiger partial charge in [0.2, 0.25) is 0 Å². The largest absolute Gasteiger partial charge is 0.496 e. The van der Waals surface area contributed by atoms with Crippen LogP contribution in [0.1, 0.15) is 11.1 Å². The van der Waals surface area contributed by atoms with Crippen molar-refractivity contribution in [3.05, 3.63) is 23.3 Å². The lowest BCUT2D eigenvalue weighted by atomic mass is 10.0. The number of benzene rings is 1. The molecule has 0 aliphatic heterocycles. The van der Waals surface area contributed by atoms with E-state index in [1.165, 1.54) is 27.2 Å². The van der Waals surface area contributed by atoms with E-state index >= 15 is 0 Å². The molecule has 0 atom stereocenters. The number of aliphatic carboxylic acids is 1. The zero-order valence-corrected chi connectivity index (χ0v) is 9.58. The number of methoxy groups -OCH3 is 2. The average molecular weight is 246 g/mol. The Kier molecular flexibility index (Phi) is 3.55. The van der Waals surface area contributed by atoms with Crippen molar-refractivity contribution in [1.82, 2.24) is 0 Å². The van der Waals surface area contributed by atoms with Gasteiger partial charge in [-0.15, -0.1) is 0 Å². The van der Waals surface area contributed by atoms with Crippen LogP contribution < -0.4 is 9.47 Å². The molecule has 1 aromatic rings. The molecule has 0 unspecified atom stereocenters. The molecule has 0 saturated carbocycles. The highest BCUT2D eigenvalue weighted by atomic mass is 19.3. The standard InChI is InChI=1S/C11H12F2O4/c1-6-8(16-2)5-4-7(9(6)17-3)11(12,13)10(14)15/h4-5H,1-3H3,(H,14,15). The molecule has 0 heterocycles. The summed E-state index contributed by atoms with van der Waals surface area (Å²) >= 11 is 0. The van der Waals surface area contributed by atoms with Gasteiger partial charge in [-0.2, -0.15) is 8.78 Å². The summed E-state index contributed by atoms with van der Waals surface area (Å²) in [5, 5.41) is 8.50. The maximum Gasteiger partial charge on any atom is 0.379 e. The summed E-state index contributed by atoms with van der Waals surface area (Å²) in [6.07, 6.45) is 0. The van der Waals surface area contributed by atoms with E-state index in [1.807, 2.05) is 0 Å². The minimum atomic E-state index is -4.00. The van der Waals surface area contributed by atoms with E-state index in [1.54, 1.807) is 0 Å². The van der Waals surface area contributed by atoms with Gasteiger partial charge in [-0.25, -0.2) is 4.79 Å². The molecule has 0 aromatic heterocycles. The monoisotopic (exact) mass is 246 g/mol. The van der Waals surface area contributed by atoms with Crippen LogP contribution >= 0.6 is 0 Å². The van der Waals surface area contributed by atoms with Gasteiger partial charge in [0.25, 0.3) is 0 Å². The topological polar surface area (TPSA) is 55.8 Å². The van der Waals surface area contributed by atoms with Gasteiger partial charge < -0.3 is 14.6 Å². The zero-order valence-electron chi connectivity index (χ0n) is 9.58. The third kappa shape index (κ3) is 2.15. The minimum absolute atomic E-state index is 0.184. The molecule has 94 valence electrons. The first-order chi connectivity index (χ1) is 7.86. The van der Waals surface area contributed by atoms with Crippen LogP contribution in [0.3, 0.4) is 0 Å². The number of carboxylic acid groups (broad SMARTS) is 1. The van der Waals surface area contributed by atoms with Gasteiger partial charge in [-0.1, -0.05) is 0 Å². The molecule has 0 aliphatic rings. The number of carboxylic acids is 1. The fourth-order valence-electron chi connectivity index (χ4n) is 1.52. The van der Waals surface area contributed by atoms with Crippen LogP contribution in [0.15, 0.2) is 12.1 Å². The van der Waals surface area contributed by atoms with Crippen molar-refractivity contribution in [1.29, 1.82) is 0 Å². The van der Waals surface area contributed by atoms with E-state index < -0.39 is 17.5 Å². The van der Waals surface area contributed by atoms with Gasteiger partial charge in [0.05, 0.1) is 19.8 Å². The molecule has 17 heavy (non-hydrogen) atoms. The summed E-state index contributed by atoms with van der Waals surface area (Å²) in [7, 11) is 2.58. The molecule has 0 radical (unpaired) electrons. The Labute approximate surface area is 96.8 Å². The second kappa shape index (κ2) is 4.57. The van der Waals surface area contributed by atoms with Crippen LogP contribution in [0.4, 0.5) is 8.78 Å². The van der Waals surface area contributed by atoms with Crippen LogP contribution in [-0.4, -0.2) is 25.3 Å². The molecule has 1 aromatic carbocycles.